The molecule has 12 heavy (non-hydrogen) atoms. The van der Waals surface area contributed by atoms with Crippen molar-refractivity contribution in [2.75, 3.05) is 40.4 Å². The largest absolute Gasteiger partial charge is 0.390 e. The molecule has 1 fully saturated rings. The molecule has 1 aliphatic heterocycles. The number of hydrogen-bond acceptors (Lipinski definition) is 4. The van der Waals surface area contributed by atoms with Crippen LogP contribution in [0.2, 0.25) is 0 Å². The molecule has 4 heteroatoms. The highest BCUT2D eigenvalue weighted by Gasteiger charge is 2.27. The minimum Gasteiger partial charge on any atom is -0.390 e. The van der Waals surface area contributed by atoms with Crippen LogP contribution in [0.4, 0.5) is 0 Å². The van der Waals surface area contributed by atoms with Crippen molar-refractivity contribution in [3.8, 4) is 0 Å². The van der Waals surface area contributed by atoms with Crippen molar-refractivity contribution in [3.63, 3.8) is 0 Å². The smallest absolute Gasteiger partial charge is 0.0831 e. The van der Waals surface area contributed by atoms with E-state index >= 15 is 0 Å². The second-order valence-electron chi connectivity index (χ2n) is 3.27. The van der Waals surface area contributed by atoms with Crippen molar-refractivity contribution < 1.29 is 9.84 Å². The fourth-order valence-corrected chi connectivity index (χ4v) is 1.50. The number of ether oxygens (including phenoxy) is 1. The van der Waals surface area contributed by atoms with Crippen LogP contribution in [0.5, 0.6) is 0 Å². The minimum absolute atomic E-state index is 0.230. The second kappa shape index (κ2) is 4.77. The highest BCUT2D eigenvalue weighted by Crippen LogP contribution is 2.06. The maximum Gasteiger partial charge on any atom is 0.0831 e. The van der Waals surface area contributed by atoms with E-state index in [1.807, 2.05) is 7.05 Å². The first-order chi connectivity index (χ1) is 5.75. The lowest BCUT2D eigenvalue weighted by Crippen LogP contribution is -2.42. The van der Waals surface area contributed by atoms with E-state index in [1.54, 1.807) is 7.11 Å². The Morgan fingerprint density at radius 3 is 2.83 bits per heavy atom. The molecule has 0 amide bonds. The Morgan fingerprint density at radius 1 is 1.58 bits per heavy atom. The molecule has 1 saturated heterocycles. The van der Waals surface area contributed by atoms with Gasteiger partial charge in [-0.1, -0.05) is 0 Å². The van der Waals surface area contributed by atoms with Gasteiger partial charge in [0.1, 0.15) is 0 Å². The van der Waals surface area contributed by atoms with Gasteiger partial charge in [-0.25, -0.2) is 0 Å². The molecule has 72 valence electrons. The van der Waals surface area contributed by atoms with Crippen molar-refractivity contribution in [2.24, 2.45) is 0 Å². The Kier molecular flexibility index (Phi) is 3.94. The third-order valence-corrected chi connectivity index (χ3v) is 2.37. The Morgan fingerprint density at radius 2 is 2.33 bits per heavy atom. The molecular formula is C8H18N2O2. The summed E-state index contributed by atoms with van der Waals surface area (Å²) < 4.78 is 4.96. The summed E-state index contributed by atoms with van der Waals surface area (Å²) in [6, 6.07) is 0.250. The van der Waals surface area contributed by atoms with Crippen LogP contribution in [0.1, 0.15) is 0 Å². The predicted molar refractivity (Wildman–Crippen MR) is 47.2 cm³/mol. The Hall–Kier alpha value is -0.160. The van der Waals surface area contributed by atoms with Gasteiger partial charge in [-0.2, -0.15) is 0 Å². The number of nitrogens with one attached hydrogen (secondary N) is 1. The van der Waals surface area contributed by atoms with Gasteiger partial charge in [-0.05, 0) is 7.05 Å². The number of methoxy groups -OCH3 is 1. The molecule has 0 aromatic rings. The van der Waals surface area contributed by atoms with Crippen LogP contribution in [0.15, 0.2) is 0 Å². The summed E-state index contributed by atoms with van der Waals surface area (Å²) in [6.07, 6.45) is -0.230. The van der Waals surface area contributed by atoms with E-state index in [0.717, 1.165) is 19.7 Å². The van der Waals surface area contributed by atoms with Gasteiger partial charge in [0.2, 0.25) is 0 Å². The van der Waals surface area contributed by atoms with E-state index in [0.29, 0.717) is 6.54 Å². The quantitative estimate of drug-likeness (QED) is 0.568. The molecule has 2 N–H and O–H groups in total. The fraction of sp³-hybridized carbons (Fsp3) is 1.00. The van der Waals surface area contributed by atoms with Gasteiger partial charge in [0.15, 0.2) is 0 Å². The highest BCUT2D eigenvalue weighted by atomic mass is 16.5. The van der Waals surface area contributed by atoms with E-state index in [9.17, 15) is 5.11 Å². The van der Waals surface area contributed by atoms with E-state index < -0.39 is 0 Å². The van der Waals surface area contributed by atoms with Gasteiger partial charge < -0.3 is 15.2 Å². The van der Waals surface area contributed by atoms with E-state index in [-0.39, 0.29) is 12.1 Å². The number of rotatable bonds is 4. The van der Waals surface area contributed by atoms with Crippen molar-refractivity contribution in [2.45, 2.75) is 12.1 Å². The summed E-state index contributed by atoms with van der Waals surface area (Å²) in [5.74, 6) is 0. The average molecular weight is 174 g/mol. The van der Waals surface area contributed by atoms with Gasteiger partial charge in [0, 0.05) is 32.8 Å². The molecule has 1 heterocycles. The van der Waals surface area contributed by atoms with Crippen LogP contribution >= 0.6 is 0 Å². The van der Waals surface area contributed by atoms with Crippen molar-refractivity contribution in [1.82, 2.24) is 10.2 Å². The monoisotopic (exact) mass is 174 g/mol. The molecule has 0 spiro atoms. The Bertz CT molecular complexity index is 132. The summed E-state index contributed by atoms with van der Waals surface area (Å²) in [5, 5.41) is 12.7. The maximum atomic E-state index is 9.51. The SMILES string of the molecule is COCCN(C)C1CNCC1O. The van der Waals surface area contributed by atoms with E-state index in [4.69, 9.17) is 4.74 Å². The number of β-amino-alcohol motifs (C(OH)–C–C–N with tert-alkyl or cyclic N) is 1. The average Bonchev–Trinajstić information content (AvgIpc) is 2.47. The van der Waals surface area contributed by atoms with Gasteiger partial charge in [0.05, 0.1) is 12.7 Å². The summed E-state index contributed by atoms with van der Waals surface area (Å²) in [5.41, 5.74) is 0. The summed E-state index contributed by atoms with van der Waals surface area (Å²) >= 11 is 0. The molecule has 1 aliphatic rings. The van der Waals surface area contributed by atoms with Gasteiger partial charge in [0.25, 0.3) is 0 Å². The third-order valence-electron chi connectivity index (χ3n) is 2.37. The second-order valence-corrected chi connectivity index (χ2v) is 3.27. The highest BCUT2D eigenvalue weighted by molar-refractivity contribution is 4.86. The fourth-order valence-electron chi connectivity index (χ4n) is 1.50. The molecule has 0 aromatic heterocycles. The maximum absolute atomic E-state index is 9.51. The number of aliphatic hydroxyl groups excluding tert-OH is 1. The van der Waals surface area contributed by atoms with Crippen LogP contribution in [-0.2, 0) is 4.74 Å². The molecular weight excluding hydrogens is 156 g/mol. The lowest BCUT2D eigenvalue weighted by atomic mass is 10.2. The van der Waals surface area contributed by atoms with Crippen molar-refractivity contribution in [3.05, 3.63) is 0 Å². The Labute approximate surface area is 73.5 Å². The topological polar surface area (TPSA) is 44.7 Å². The third kappa shape index (κ3) is 2.42. The molecule has 2 unspecified atom stereocenters. The van der Waals surface area contributed by atoms with E-state index in [1.165, 1.54) is 0 Å². The molecule has 0 radical (unpaired) electrons. The molecule has 0 aliphatic carbocycles. The lowest BCUT2D eigenvalue weighted by molar-refractivity contribution is 0.0782. The van der Waals surface area contributed by atoms with Crippen LogP contribution < -0.4 is 5.32 Å². The molecule has 0 aromatic carbocycles. The molecule has 4 nitrogen and oxygen atoms in total. The first kappa shape index (κ1) is 9.92. The number of aliphatic hydroxyl groups is 1. The zero-order valence-corrected chi connectivity index (χ0v) is 7.79. The van der Waals surface area contributed by atoms with E-state index in [2.05, 4.69) is 10.2 Å². The first-order valence-electron chi connectivity index (χ1n) is 4.33. The predicted octanol–water partition coefficient (Wildman–Crippen LogP) is -1.10. The van der Waals surface area contributed by atoms with Crippen LogP contribution in [0.3, 0.4) is 0 Å². The van der Waals surface area contributed by atoms with Crippen LogP contribution in [0.25, 0.3) is 0 Å². The molecule has 0 bridgehead atoms. The lowest BCUT2D eigenvalue weighted by Gasteiger charge is -2.25. The molecule has 1 rings (SSSR count). The number of likely N-dealkylation sites (N-methyl/N-ethyl adjacent to an activating group) is 1. The minimum atomic E-state index is -0.230. The summed E-state index contributed by atoms with van der Waals surface area (Å²) in [7, 11) is 3.71. The zero-order chi connectivity index (χ0) is 8.97. The summed E-state index contributed by atoms with van der Waals surface area (Å²) in [4.78, 5) is 2.13. The van der Waals surface area contributed by atoms with Crippen molar-refractivity contribution >= 4 is 0 Å². The number of hydrogen-bond donors (Lipinski definition) is 2. The number of nitrogens with zero attached hydrogens (tertiary/aromatic N) is 1. The van der Waals surface area contributed by atoms with Crippen LogP contribution in [-0.4, -0.2) is 62.6 Å². The van der Waals surface area contributed by atoms with Crippen molar-refractivity contribution in [1.29, 1.82) is 0 Å². The standard InChI is InChI=1S/C8H18N2O2/c1-10(3-4-12-2)7-5-9-6-8(7)11/h7-9,11H,3-6H2,1-2H3. The van der Waals surface area contributed by atoms with Crippen LogP contribution in [0, 0.1) is 0 Å². The first-order valence-corrected chi connectivity index (χ1v) is 4.33. The molecule has 2 atom stereocenters. The Balaban J connectivity index is 2.25. The van der Waals surface area contributed by atoms with Gasteiger partial charge >= 0.3 is 0 Å². The molecule has 0 saturated carbocycles. The van der Waals surface area contributed by atoms with Gasteiger partial charge in [-0.3, -0.25) is 4.90 Å². The zero-order valence-electron chi connectivity index (χ0n) is 7.79. The summed E-state index contributed by atoms with van der Waals surface area (Å²) in [6.45, 7) is 3.18. The van der Waals surface area contributed by atoms with Gasteiger partial charge in [-0.15, -0.1) is 0 Å². The normalized spacial score (nSPS) is 30.0.